The summed E-state index contributed by atoms with van der Waals surface area (Å²) in [6, 6.07) is 7.35. The van der Waals surface area contributed by atoms with Gasteiger partial charge in [-0.25, -0.2) is 4.99 Å². The van der Waals surface area contributed by atoms with Crippen LogP contribution in [0.1, 0.15) is 19.8 Å². The Labute approximate surface area is 78.5 Å². The first kappa shape index (κ1) is 9.58. The number of hydrogen-bond acceptors (Lipinski definition) is 2. The third-order valence-corrected chi connectivity index (χ3v) is 1.67. The topological polar surface area (TPSA) is 64.4 Å². The molecule has 0 atom stereocenters. The zero-order chi connectivity index (χ0) is 9.68. The minimum absolute atomic E-state index is 0.673. The summed E-state index contributed by atoms with van der Waals surface area (Å²) in [5.41, 5.74) is 12.8. The summed E-state index contributed by atoms with van der Waals surface area (Å²) in [5.74, 6) is 0.673. The molecule has 0 spiro atoms. The highest BCUT2D eigenvalue weighted by molar-refractivity contribution is 5.83. The van der Waals surface area contributed by atoms with Crippen molar-refractivity contribution >= 4 is 17.2 Å². The lowest BCUT2D eigenvalue weighted by atomic mass is 10.3. The first-order chi connectivity index (χ1) is 6.22. The monoisotopic (exact) mass is 177 g/mol. The number of anilines is 1. The van der Waals surface area contributed by atoms with Gasteiger partial charge in [0.25, 0.3) is 0 Å². The van der Waals surface area contributed by atoms with Gasteiger partial charge in [-0.2, -0.15) is 0 Å². The molecule has 0 bridgehead atoms. The molecule has 0 aliphatic heterocycles. The van der Waals surface area contributed by atoms with Crippen LogP contribution >= 0.6 is 0 Å². The van der Waals surface area contributed by atoms with Gasteiger partial charge in [-0.1, -0.05) is 6.92 Å². The number of amidine groups is 1. The Hall–Kier alpha value is -1.51. The molecule has 0 saturated carbocycles. The molecule has 4 N–H and O–H groups in total. The lowest BCUT2D eigenvalue weighted by Crippen LogP contribution is -2.09. The number of nitrogens with two attached hydrogens (primary N) is 2. The van der Waals surface area contributed by atoms with Crippen molar-refractivity contribution < 1.29 is 0 Å². The number of nitrogen functional groups attached to an aromatic ring is 1. The van der Waals surface area contributed by atoms with E-state index in [2.05, 4.69) is 11.9 Å². The van der Waals surface area contributed by atoms with Crippen LogP contribution in [0, 0.1) is 0 Å². The quantitative estimate of drug-likeness (QED) is 0.421. The van der Waals surface area contributed by atoms with Crippen molar-refractivity contribution in [2.45, 2.75) is 19.8 Å². The minimum Gasteiger partial charge on any atom is -0.399 e. The Morgan fingerprint density at radius 3 is 2.46 bits per heavy atom. The third-order valence-electron chi connectivity index (χ3n) is 1.67. The van der Waals surface area contributed by atoms with Crippen LogP contribution in [-0.2, 0) is 0 Å². The molecule has 3 nitrogen and oxygen atoms in total. The van der Waals surface area contributed by atoms with E-state index in [0.717, 1.165) is 24.2 Å². The van der Waals surface area contributed by atoms with E-state index in [0.29, 0.717) is 5.84 Å². The maximum Gasteiger partial charge on any atom is 0.0996 e. The third kappa shape index (κ3) is 3.15. The maximum atomic E-state index is 5.67. The van der Waals surface area contributed by atoms with E-state index in [1.807, 2.05) is 24.3 Å². The molecule has 0 saturated heterocycles. The average Bonchev–Trinajstić information content (AvgIpc) is 2.09. The summed E-state index contributed by atoms with van der Waals surface area (Å²) in [6.45, 7) is 2.07. The van der Waals surface area contributed by atoms with Gasteiger partial charge in [-0.3, -0.25) is 0 Å². The van der Waals surface area contributed by atoms with Crippen LogP contribution in [0.4, 0.5) is 11.4 Å². The highest BCUT2D eigenvalue weighted by Gasteiger charge is 1.92. The van der Waals surface area contributed by atoms with Gasteiger partial charge >= 0.3 is 0 Å². The van der Waals surface area contributed by atoms with Gasteiger partial charge in [0.1, 0.15) is 0 Å². The molecule has 0 aliphatic rings. The van der Waals surface area contributed by atoms with Gasteiger partial charge in [0, 0.05) is 12.1 Å². The summed E-state index contributed by atoms with van der Waals surface area (Å²) < 4.78 is 0. The minimum atomic E-state index is 0.673. The second-order valence-electron chi connectivity index (χ2n) is 2.94. The van der Waals surface area contributed by atoms with Crippen molar-refractivity contribution in [3.05, 3.63) is 24.3 Å². The Bertz CT molecular complexity index is 288. The van der Waals surface area contributed by atoms with Crippen LogP contribution in [0.3, 0.4) is 0 Å². The molecule has 0 amide bonds. The van der Waals surface area contributed by atoms with Crippen molar-refractivity contribution in [1.82, 2.24) is 0 Å². The largest absolute Gasteiger partial charge is 0.399 e. The van der Waals surface area contributed by atoms with Crippen LogP contribution in [0.2, 0.25) is 0 Å². The molecular weight excluding hydrogens is 162 g/mol. The molecular formula is C10H15N3. The smallest absolute Gasteiger partial charge is 0.0996 e. The van der Waals surface area contributed by atoms with E-state index in [9.17, 15) is 0 Å². The molecule has 0 aliphatic carbocycles. The first-order valence-electron chi connectivity index (χ1n) is 4.41. The summed E-state index contributed by atoms with van der Waals surface area (Å²) >= 11 is 0. The van der Waals surface area contributed by atoms with Crippen molar-refractivity contribution in [2.75, 3.05) is 5.73 Å². The summed E-state index contributed by atoms with van der Waals surface area (Å²) in [7, 11) is 0. The second-order valence-corrected chi connectivity index (χ2v) is 2.94. The van der Waals surface area contributed by atoms with E-state index in [4.69, 9.17) is 11.5 Å². The molecule has 0 fully saturated rings. The SMILES string of the molecule is CCCC(N)=Nc1ccc(N)cc1. The highest BCUT2D eigenvalue weighted by atomic mass is 14.9. The van der Waals surface area contributed by atoms with E-state index >= 15 is 0 Å². The van der Waals surface area contributed by atoms with E-state index in [1.165, 1.54) is 0 Å². The zero-order valence-electron chi connectivity index (χ0n) is 7.83. The van der Waals surface area contributed by atoms with E-state index in [-0.39, 0.29) is 0 Å². The molecule has 0 aromatic heterocycles. The van der Waals surface area contributed by atoms with Gasteiger partial charge < -0.3 is 11.5 Å². The zero-order valence-corrected chi connectivity index (χ0v) is 7.83. The number of aliphatic imine (C=N–C) groups is 1. The Balaban J connectivity index is 2.73. The molecule has 0 unspecified atom stereocenters. The summed E-state index contributed by atoms with van der Waals surface area (Å²) in [6.07, 6.45) is 1.86. The van der Waals surface area contributed by atoms with E-state index < -0.39 is 0 Å². The molecule has 3 heteroatoms. The summed E-state index contributed by atoms with van der Waals surface area (Å²) in [4.78, 5) is 4.23. The molecule has 13 heavy (non-hydrogen) atoms. The normalized spacial score (nSPS) is 11.6. The fraction of sp³-hybridized carbons (Fsp3) is 0.300. The number of benzene rings is 1. The highest BCUT2D eigenvalue weighted by Crippen LogP contribution is 2.14. The van der Waals surface area contributed by atoms with Gasteiger partial charge in [0.05, 0.1) is 11.5 Å². The fourth-order valence-electron chi connectivity index (χ4n) is 1.03. The van der Waals surface area contributed by atoms with E-state index in [1.54, 1.807) is 0 Å². The number of rotatable bonds is 3. The van der Waals surface area contributed by atoms with Crippen LogP contribution < -0.4 is 11.5 Å². The van der Waals surface area contributed by atoms with Crippen LogP contribution in [-0.4, -0.2) is 5.84 Å². The van der Waals surface area contributed by atoms with Crippen molar-refractivity contribution in [3.63, 3.8) is 0 Å². The number of hydrogen-bond donors (Lipinski definition) is 2. The Kier molecular flexibility index (Phi) is 3.31. The second kappa shape index (κ2) is 4.50. The van der Waals surface area contributed by atoms with Crippen molar-refractivity contribution in [2.24, 2.45) is 10.7 Å². The predicted molar refractivity (Wildman–Crippen MR) is 57.0 cm³/mol. The maximum absolute atomic E-state index is 5.67. The molecule has 70 valence electrons. The summed E-state index contributed by atoms with van der Waals surface area (Å²) in [5, 5.41) is 0. The molecule has 0 heterocycles. The lowest BCUT2D eigenvalue weighted by molar-refractivity contribution is 0.983. The molecule has 1 rings (SSSR count). The lowest BCUT2D eigenvalue weighted by Gasteiger charge is -1.98. The molecule has 0 radical (unpaired) electrons. The standard InChI is InChI=1S/C10H15N3/c1-2-3-10(12)13-9-6-4-8(11)5-7-9/h4-7H,2-3,11H2,1H3,(H2,12,13). The first-order valence-corrected chi connectivity index (χ1v) is 4.41. The van der Waals surface area contributed by atoms with Crippen molar-refractivity contribution in [1.29, 1.82) is 0 Å². The Morgan fingerprint density at radius 2 is 1.92 bits per heavy atom. The van der Waals surface area contributed by atoms with Gasteiger partial charge in [0.15, 0.2) is 0 Å². The predicted octanol–water partition coefficient (Wildman–Crippen LogP) is 2.06. The average molecular weight is 177 g/mol. The molecule has 1 aromatic rings. The van der Waals surface area contributed by atoms with Gasteiger partial charge in [-0.15, -0.1) is 0 Å². The Morgan fingerprint density at radius 1 is 1.31 bits per heavy atom. The molecule has 1 aromatic carbocycles. The van der Waals surface area contributed by atoms with Gasteiger partial charge in [0.2, 0.25) is 0 Å². The van der Waals surface area contributed by atoms with Crippen LogP contribution in [0.5, 0.6) is 0 Å². The van der Waals surface area contributed by atoms with Crippen LogP contribution in [0.25, 0.3) is 0 Å². The van der Waals surface area contributed by atoms with Gasteiger partial charge in [-0.05, 0) is 30.7 Å². The number of nitrogens with zero attached hydrogens (tertiary/aromatic N) is 1. The fourth-order valence-corrected chi connectivity index (χ4v) is 1.03. The van der Waals surface area contributed by atoms with Crippen molar-refractivity contribution in [3.8, 4) is 0 Å². The van der Waals surface area contributed by atoms with Crippen LogP contribution in [0.15, 0.2) is 29.3 Å².